The van der Waals surface area contributed by atoms with Crippen molar-refractivity contribution in [2.75, 3.05) is 0 Å². The van der Waals surface area contributed by atoms with E-state index in [1.54, 1.807) is 17.3 Å². The number of hydrogen-bond acceptors (Lipinski definition) is 7. The van der Waals surface area contributed by atoms with Gasteiger partial charge in [0.2, 0.25) is 0 Å². The molecule has 4 aromatic rings. The van der Waals surface area contributed by atoms with E-state index in [9.17, 15) is 0 Å². The molecule has 0 bridgehead atoms. The molecule has 0 aliphatic rings. The quantitative estimate of drug-likeness (QED) is 0.498. The first-order valence-electron chi connectivity index (χ1n) is 7.26. The van der Waals surface area contributed by atoms with Gasteiger partial charge < -0.3 is 8.98 Å². The maximum Gasteiger partial charge on any atom is 0.191 e. The number of thioether (sulfide) groups is 1. The molecule has 3 heterocycles. The van der Waals surface area contributed by atoms with Crippen LogP contribution in [0.4, 0.5) is 0 Å². The topological polar surface area (TPSA) is 87.5 Å². The molecule has 9 heteroatoms. The second-order valence-corrected chi connectivity index (χ2v) is 5.89. The van der Waals surface area contributed by atoms with E-state index in [0.717, 1.165) is 22.4 Å². The molecule has 0 aliphatic heterocycles. The molecule has 24 heavy (non-hydrogen) atoms. The fourth-order valence-corrected chi connectivity index (χ4v) is 3.05. The van der Waals surface area contributed by atoms with Gasteiger partial charge in [0.25, 0.3) is 0 Å². The van der Waals surface area contributed by atoms with Crippen LogP contribution in [-0.4, -0.2) is 35.0 Å². The fraction of sp³-hybridized carbons (Fsp3) is 0.133. The van der Waals surface area contributed by atoms with E-state index in [1.807, 2.05) is 47.0 Å². The van der Waals surface area contributed by atoms with Gasteiger partial charge in [0.1, 0.15) is 12.1 Å². The lowest BCUT2D eigenvalue weighted by Crippen LogP contribution is -2.03. The zero-order chi connectivity index (χ0) is 16.2. The lowest BCUT2D eigenvalue weighted by atomic mass is 10.3. The Hall–Kier alpha value is -2.94. The number of aromatic nitrogens is 7. The smallest absolute Gasteiger partial charge is 0.191 e. The van der Waals surface area contributed by atoms with Gasteiger partial charge in [-0.2, -0.15) is 4.68 Å². The molecule has 1 aromatic carbocycles. The monoisotopic (exact) mass is 339 g/mol. The molecule has 0 unspecified atom stereocenters. The van der Waals surface area contributed by atoms with Crippen LogP contribution in [0.15, 0.2) is 64.6 Å². The Kier molecular flexibility index (Phi) is 4.07. The van der Waals surface area contributed by atoms with Crippen LogP contribution in [0.5, 0.6) is 0 Å². The average Bonchev–Trinajstić information content (AvgIpc) is 3.36. The Morgan fingerprint density at radius 2 is 1.96 bits per heavy atom. The highest BCUT2D eigenvalue weighted by atomic mass is 32.2. The maximum atomic E-state index is 5.37. The second kappa shape index (κ2) is 6.67. The first-order chi connectivity index (χ1) is 11.9. The van der Waals surface area contributed by atoms with Crippen molar-refractivity contribution in [2.45, 2.75) is 17.5 Å². The van der Waals surface area contributed by atoms with Gasteiger partial charge in [-0.3, -0.25) is 0 Å². The van der Waals surface area contributed by atoms with Gasteiger partial charge in [-0.15, -0.1) is 15.3 Å². The molecule has 3 aromatic heterocycles. The van der Waals surface area contributed by atoms with E-state index in [-0.39, 0.29) is 0 Å². The summed E-state index contributed by atoms with van der Waals surface area (Å²) in [6, 6.07) is 13.6. The summed E-state index contributed by atoms with van der Waals surface area (Å²) >= 11 is 1.53. The highest BCUT2D eigenvalue weighted by Gasteiger charge is 2.12. The Bertz CT molecular complexity index is 901. The fourth-order valence-electron chi connectivity index (χ4n) is 2.23. The van der Waals surface area contributed by atoms with Crippen LogP contribution >= 0.6 is 11.8 Å². The zero-order valence-corrected chi connectivity index (χ0v) is 13.4. The SMILES string of the molecule is c1ccc(-n2nnnc2CSc2nncn2Cc2ccco2)cc1. The first kappa shape index (κ1) is 14.6. The van der Waals surface area contributed by atoms with Crippen LogP contribution < -0.4 is 0 Å². The number of nitrogens with zero attached hydrogens (tertiary/aromatic N) is 7. The lowest BCUT2D eigenvalue weighted by molar-refractivity contribution is 0.484. The molecule has 120 valence electrons. The summed E-state index contributed by atoms with van der Waals surface area (Å²) in [6.45, 7) is 0.589. The average molecular weight is 339 g/mol. The van der Waals surface area contributed by atoms with Gasteiger partial charge in [-0.25, -0.2) is 0 Å². The van der Waals surface area contributed by atoms with Gasteiger partial charge in [-0.05, 0) is 34.7 Å². The summed E-state index contributed by atoms with van der Waals surface area (Å²) in [5, 5.41) is 20.8. The number of benzene rings is 1. The van der Waals surface area contributed by atoms with Crippen molar-refractivity contribution in [3.8, 4) is 5.69 Å². The molecule has 0 fully saturated rings. The standard InChI is InChI=1S/C15H13N7OS/c1-2-5-12(6-3-1)22-14(17-19-20-22)10-24-15-18-16-11-21(15)9-13-7-4-8-23-13/h1-8,11H,9-10H2. The molecule has 0 saturated heterocycles. The van der Waals surface area contributed by atoms with E-state index in [2.05, 4.69) is 25.7 Å². The van der Waals surface area contributed by atoms with Crippen LogP contribution in [0.3, 0.4) is 0 Å². The van der Waals surface area contributed by atoms with Crippen LogP contribution in [0, 0.1) is 0 Å². The van der Waals surface area contributed by atoms with Gasteiger partial charge in [-0.1, -0.05) is 30.0 Å². The summed E-state index contributed by atoms with van der Waals surface area (Å²) < 4.78 is 9.02. The third-order valence-corrected chi connectivity index (χ3v) is 4.33. The van der Waals surface area contributed by atoms with Crippen molar-refractivity contribution >= 4 is 11.8 Å². The summed E-state index contributed by atoms with van der Waals surface area (Å²) in [5.41, 5.74) is 0.926. The lowest BCUT2D eigenvalue weighted by Gasteiger charge is -2.05. The molecular formula is C15H13N7OS. The van der Waals surface area contributed by atoms with Crippen LogP contribution in [0.25, 0.3) is 5.69 Å². The maximum absolute atomic E-state index is 5.37. The van der Waals surface area contributed by atoms with Crippen molar-refractivity contribution in [1.82, 2.24) is 35.0 Å². The molecule has 0 N–H and O–H groups in total. The minimum Gasteiger partial charge on any atom is -0.467 e. The van der Waals surface area contributed by atoms with Crippen molar-refractivity contribution in [3.63, 3.8) is 0 Å². The van der Waals surface area contributed by atoms with E-state index < -0.39 is 0 Å². The van der Waals surface area contributed by atoms with Gasteiger partial charge in [0.05, 0.1) is 24.2 Å². The van der Waals surface area contributed by atoms with E-state index >= 15 is 0 Å². The molecule has 0 spiro atoms. The van der Waals surface area contributed by atoms with Gasteiger partial charge in [0, 0.05) is 0 Å². The van der Waals surface area contributed by atoms with Crippen molar-refractivity contribution in [1.29, 1.82) is 0 Å². The summed E-state index contributed by atoms with van der Waals surface area (Å²) in [4.78, 5) is 0. The molecule has 4 rings (SSSR count). The first-order valence-corrected chi connectivity index (χ1v) is 8.24. The summed E-state index contributed by atoms with van der Waals surface area (Å²) in [6.07, 6.45) is 3.34. The predicted molar refractivity (Wildman–Crippen MR) is 86.5 cm³/mol. The predicted octanol–water partition coefficient (Wildman–Crippen LogP) is 2.19. The summed E-state index contributed by atoms with van der Waals surface area (Å²) in [5.74, 6) is 2.18. The molecule has 0 amide bonds. The Morgan fingerprint density at radius 3 is 2.79 bits per heavy atom. The third kappa shape index (κ3) is 3.06. The van der Waals surface area contributed by atoms with Crippen LogP contribution in [-0.2, 0) is 12.3 Å². The van der Waals surface area contributed by atoms with Crippen molar-refractivity contribution in [2.24, 2.45) is 0 Å². The molecule has 0 saturated carbocycles. The molecule has 0 aliphatic carbocycles. The third-order valence-electron chi connectivity index (χ3n) is 3.35. The van der Waals surface area contributed by atoms with Gasteiger partial charge >= 0.3 is 0 Å². The second-order valence-electron chi connectivity index (χ2n) is 4.95. The van der Waals surface area contributed by atoms with Crippen molar-refractivity contribution < 1.29 is 4.42 Å². The Balaban J connectivity index is 1.49. The number of hydrogen-bond donors (Lipinski definition) is 0. The van der Waals surface area contributed by atoms with E-state index in [0.29, 0.717) is 12.3 Å². The van der Waals surface area contributed by atoms with E-state index in [1.165, 1.54) is 11.8 Å². The minimum atomic E-state index is 0.582. The molecule has 0 radical (unpaired) electrons. The van der Waals surface area contributed by atoms with Crippen molar-refractivity contribution in [3.05, 3.63) is 66.6 Å². The number of tetrazole rings is 1. The Morgan fingerprint density at radius 1 is 1.04 bits per heavy atom. The highest BCUT2D eigenvalue weighted by molar-refractivity contribution is 7.98. The number of rotatable bonds is 6. The molecule has 8 nitrogen and oxygen atoms in total. The minimum absolute atomic E-state index is 0.582. The Labute approximate surface area is 141 Å². The van der Waals surface area contributed by atoms with Gasteiger partial charge in [0.15, 0.2) is 11.0 Å². The zero-order valence-electron chi connectivity index (χ0n) is 12.6. The largest absolute Gasteiger partial charge is 0.467 e. The van der Waals surface area contributed by atoms with Crippen LogP contribution in [0.1, 0.15) is 11.6 Å². The number of para-hydroxylation sites is 1. The van der Waals surface area contributed by atoms with E-state index in [4.69, 9.17) is 4.42 Å². The highest BCUT2D eigenvalue weighted by Crippen LogP contribution is 2.21. The van der Waals surface area contributed by atoms with Crippen LogP contribution in [0.2, 0.25) is 0 Å². The number of furan rings is 1. The normalized spacial score (nSPS) is 11.0. The summed E-state index contributed by atoms with van der Waals surface area (Å²) in [7, 11) is 0. The molecular weight excluding hydrogens is 326 g/mol. The molecule has 0 atom stereocenters.